The molecule has 4 heteroatoms. The Morgan fingerprint density at radius 1 is 1.50 bits per heavy atom. The van der Waals surface area contributed by atoms with Gasteiger partial charge in [-0.3, -0.25) is 4.90 Å². The zero-order chi connectivity index (χ0) is 11.5. The van der Waals surface area contributed by atoms with Crippen LogP contribution in [0.5, 0.6) is 0 Å². The van der Waals surface area contributed by atoms with Crippen molar-refractivity contribution in [3.8, 4) is 0 Å². The minimum Gasteiger partial charge on any atom is -0.294 e. The van der Waals surface area contributed by atoms with E-state index in [1.54, 1.807) is 0 Å². The fourth-order valence-electron chi connectivity index (χ4n) is 2.27. The quantitative estimate of drug-likeness (QED) is 0.836. The fraction of sp³-hybridized carbons (Fsp3) is 0.750. The highest BCUT2D eigenvalue weighted by atomic mass is 32.1. The maximum Gasteiger partial charge on any atom is 0.107 e. The Morgan fingerprint density at radius 2 is 2.31 bits per heavy atom. The largest absolute Gasteiger partial charge is 0.294 e. The van der Waals surface area contributed by atoms with Gasteiger partial charge in [0.05, 0.1) is 12.2 Å². The number of nitrogens with zero attached hydrogens (tertiary/aromatic N) is 2. The first-order valence-electron chi connectivity index (χ1n) is 6.01. The lowest BCUT2D eigenvalue weighted by Crippen LogP contribution is -2.36. The molecule has 0 N–H and O–H groups in total. The molecular weight excluding hydrogens is 236 g/mol. The highest BCUT2D eigenvalue weighted by Crippen LogP contribution is 2.24. The third-order valence-electron chi connectivity index (χ3n) is 3.36. The van der Waals surface area contributed by atoms with Crippen molar-refractivity contribution in [1.29, 1.82) is 0 Å². The molecule has 0 aromatic carbocycles. The molecule has 1 aliphatic rings. The Balaban J connectivity index is 2.02. The fourth-order valence-corrected chi connectivity index (χ4v) is 3.65. The number of hydrogen-bond donors (Lipinski definition) is 1. The van der Waals surface area contributed by atoms with Crippen LogP contribution in [0.4, 0.5) is 0 Å². The average Bonchev–Trinajstić information content (AvgIpc) is 2.62. The zero-order valence-corrected chi connectivity index (χ0v) is 11.8. The average molecular weight is 256 g/mol. The number of piperidine rings is 1. The molecule has 1 fully saturated rings. The van der Waals surface area contributed by atoms with Crippen LogP contribution >= 0.6 is 24.0 Å². The topological polar surface area (TPSA) is 16.1 Å². The summed E-state index contributed by atoms with van der Waals surface area (Å²) in [6.07, 6.45) is 4.06. The van der Waals surface area contributed by atoms with Gasteiger partial charge in [0.25, 0.3) is 0 Å². The molecule has 1 aromatic rings. The van der Waals surface area contributed by atoms with E-state index in [0.717, 1.165) is 18.3 Å². The molecule has 2 nitrogen and oxygen atoms in total. The number of aryl methyl sites for hydroxylation is 1. The van der Waals surface area contributed by atoms with E-state index in [1.807, 2.05) is 11.3 Å². The Labute approximate surface area is 107 Å². The molecule has 1 aliphatic heterocycles. The number of thiol groups is 1. The van der Waals surface area contributed by atoms with E-state index >= 15 is 0 Å². The second-order valence-electron chi connectivity index (χ2n) is 4.59. The van der Waals surface area contributed by atoms with Gasteiger partial charge in [0.1, 0.15) is 5.01 Å². The third-order valence-corrected chi connectivity index (χ3v) is 5.03. The SMILES string of the molecule is Cc1nc(CN2CCCCC2C)sc1CS. The van der Waals surface area contributed by atoms with Crippen molar-refractivity contribution >= 4 is 24.0 Å². The maximum absolute atomic E-state index is 4.64. The lowest BCUT2D eigenvalue weighted by molar-refractivity contribution is 0.152. The summed E-state index contributed by atoms with van der Waals surface area (Å²) in [5.41, 5.74) is 1.17. The van der Waals surface area contributed by atoms with Gasteiger partial charge >= 0.3 is 0 Å². The van der Waals surface area contributed by atoms with E-state index in [4.69, 9.17) is 0 Å². The van der Waals surface area contributed by atoms with Crippen molar-refractivity contribution in [3.05, 3.63) is 15.6 Å². The molecule has 1 saturated heterocycles. The Bertz CT molecular complexity index is 349. The summed E-state index contributed by atoms with van der Waals surface area (Å²) in [5, 5.41) is 1.26. The van der Waals surface area contributed by atoms with E-state index in [0.29, 0.717) is 0 Å². The monoisotopic (exact) mass is 256 g/mol. The zero-order valence-electron chi connectivity index (χ0n) is 10.1. The van der Waals surface area contributed by atoms with Crippen molar-refractivity contribution in [2.45, 2.75) is 51.4 Å². The molecule has 2 heterocycles. The first kappa shape index (κ1) is 12.4. The van der Waals surface area contributed by atoms with Crippen molar-refractivity contribution in [2.75, 3.05) is 6.54 Å². The van der Waals surface area contributed by atoms with E-state index in [2.05, 4.69) is 36.4 Å². The molecule has 0 amide bonds. The number of thiazole rings is 1. The molecule has 1 unspecified atom stereocenters. The molecule has 0 aliphatic carbocycles. The maximum atomic E-state index is 4.64. The minimum atomic E-state index is 0.720. The predicted molar refractivity (Wildman–Crippen MR) is 73.3 cm³/mol. The van der Waals surface area contributed by atoms with Gasteiger partial charge in [0.15, 0.2) is 0 Å². The summed E-state index contributed by atoms with van der Waals surface area (Å²) < 4.78 is 0. The predicted octanol–water partition coefficient (Wildman–Crippen LogP) is 3.26. The standard InChI is InChI=1S/C12H20N2S2/c1-9-5-3-4-6-14(9)7-12-13-10(2)11(8-15)16-12/h9,15H,3-8H2,1-2H3. The summed E-state index contributed by atoms with van der Waals surface area (Å²) >= 11 is 6.16. The molecule has 0 spiro atoms. The molecule has 0 bridgehead atoms. The third kappa shape index (κ3) is 2.79. The van der Waals surface area contributed by atoms with Crippen LogP contribution in [0.2, 0.25) is 0 Å². The second kappa shape index (κ2) is 5.52. The second-order valence-corrected chi connectivity index (χ2v) is 6.07. The summed E-state index contributed by atoms with van der Waals surface area (Å²) in [4.78, 5) is 8.52. The van der Waals surface area contributed by atoms with E-state index < -0.39 is 0 Å². The van der Waals surface area contributed by atoms with Crippen molar-refractivity contribution in [1.82, 2.24) is 9.88 Å². The first-order chi connectivity index (χ1) is 7.70. The molecule has 1 atom stereocenters. The van der Waals surface area contributed by atoms with Crippen LogP contribution in [-0.4, -0.2) is 22.5 Å². The molecule has 90 valence electrons. The van der Waals surface area contributed by atoms with Gasteiger partial charge in [-0.15, -0.1) is 11.3 Å². The summed E-state index contributed by atoms with van der Waals surface area (Å²) in [6, 6.07) is 0.720. The Kier molecular flexibility index (Phi) is 4.27. The van der Waals surface area contributed by atoms with Gasteiger partial charge in [0.2, 0.25) is 0 Å². The van der Waals surface area contributed by atoms with Crippen LogP contribution in [0, 0.1) is 6.92 Å². The van der Waals surface area contributed by atoms with Gasteiger partial charge in [-0.05, 0) is 33.2 Å². The van der Waals surface area contributed by atoms with Crippen LogP contribution in [0.3, 0.4) is 0 Å². The van der Waals surface area contributed by atoms with Crippen LogP contribution in [0.15, 0.2) is 0 Å². The van der Waals surface area contributed by atoms with Gasteiger partial charge < -0.3 is 0 Å². The highest BCUT2D eigenvalue weighted by Gasteiger charge is 2.19. The normalized spacial score (nSPS) is 22.6. The lowest BCUT2D eigenvalue weighted by Gasteiger charge is -2.32. The van der Waals surface area contributed by atoms with Gasteiger partial charge in [-0.2, -0.15) is 12.6 Å². The molecule has 0 radical (unpaired) electrons. The lowest BCUT2D eigenvalue weighted by atomic mass is 10.0. The highest BCUT2D eigenvalue weighted by molar-refractivity contribution is 7.79. The number of aromatic nitrogens is 1. The van der Waals surface area contributed by atoms with Crippen LogP contribution < -0.4 is 0 Å². The Morgan fingerprint density at radius 3 is 2.94 bits per heavy atom. The number of likely N-dealkylation sites (tertiary alicyclic amines) is 1. The summed E-state index contributed by atoms with van der Waals surface area (Å²) in [5.74, 6) is 0.819. The van der Waals surface area contributed by atoms with Crippen molar-refractivity contribution < 1.29 is 0 Å². The van der Waals surface area contributed by atoms with Crippen molar-refractivity contribution in [3.63, 3.8) is 0 Å². The van der Waals surface area contributed by atoms with Gasteiger partial charge in [-0.1, -0.05) is 6.42 Å². The van der Waals surface area contributed by atoms with Crippen LogP contribution in [0.25, 0.3) is 0 Å². The molecule has 1 aromatic heterocycles. The smallest absolute Gasteiger partial charge is 0.107 e. The van der Waals surface area contributed by atoms with E-state index in [9.17, 15) is 0 Å². The Hall–Kier alpha value is -0.0600. The molecular formula is C12H20N2S2. The van der Waals surface area contributed by atoms with Gasteiger partial charge in [0, 0.05) is 16.7 Å². The summed E-state index contributed by atoms with van der Waals surface area (Å²) in [7, 11) is 0. The van der Waals surface area contributed by atoms with Crippen LogP contribution in [-0.2, 0) is 12.3 Å². The molecule has 16 heavy (non-hydrogen) atoms. The van der Waals surface area contributed by atoms with Crippen LogP contribution in [0.1, 0.15) is 41.8 Å². The van der Waals surface area contributed by atoms with E-state index in [-0.39, 0.29) is 0 Å². The minimum absolute atomic E-state index is 0.720. The molecule has 2 rings (SSSR count). The van der Waals surface area contributed by atoms with E-state index in [1.165, 1.54) is 41.4 Å². The van der Waals surface area contributed by atoms with Crippen molar-refractivity contribution in [2.24, 2.45) is 0 Å². The summed E-state index contributed by atoms with van der Waals surface area (Å²) in [6.45, 7) is 6.68. The number of rotatable bonds is 3. The first-order valence-corrected chi connectivity index (χ1v) is 7.45. The van der Waals surface area contributed by atoms with Gasteiger partial charge in [-0.25, -0.2) is 4.98 Å². The molecule has 0 saturated carbocycles. The number of hydrogen-bond acceptors (Lipinski definition) is 4.